The number of carbonyl (C=O) groups excluding carboxylic acids is 1. The number of benzene rings is 2. The second kappa shape index (κ2) is 10.8. The molecule has 0 saturated carbocycles. The Morgan fingerprint density at radius 3 is 2.66 bits per heavy atom. The molecule has 7 nitrogen and oxygen atoms in total. The zero-order chi connectivity index (χ0) is 22.3. The lowest BCUT2D eigenvalue weighted by Crippen LogP contribution is -2.48. The molecule has 0 aliphatic carbocycles. The number of rotatable bonds is 9. The average Bonchev–Trinajstić information content (AvgIpc) is 3.25. The highest BCUT2D eigenvalue weighted by Gasteiger charge is 2.20. The molecule has 1 aliphatic rings. The van der Waals surface area contributed by atoms with E-state index >= 15 is 0 Å². The van der Waals surface area contributed by atoms with Gasteiger partial charge >= 0.3 is 0 Å². The van der Waals surface area contributed by atoms with Gasteiger partial charge in [-0.15, -0.1) is 0 Å². The van der Waals surface area contributed by atoms with Crippen molar-refractivity contribution >= 4 is 44.2 Å². The highest BCUT2D eigenvalue weighted by atomic mass is 35.5. The normalized spacial score (nSPS) is 14.5. The lowest BCUT2D eigenvalue weighted by atomic mass is 10.3. The summed E-state index contributed by atoms with van der Waals surface area (Å²) in [6.45, 7) is 7.73. The van der Waals surface area contributed by atoms with Crippen LogP contribution >= 0.6 is 22.9 Å². The Labute approximate surface area is 196 Å². The molecule has 0 atom stereocenters. The Hall–Kier alpha value is -2.55. The third-order valence-corrected chi connectivity index (χ3v) is 6.58. The minimum absolute atomic E-state index is 0.00322. The number of piperazine rings is 1. The van der Waals surface area contributed by atoms with E-state index in [1.807, 2.05) is 19.1 Å². The van der Waals surface area contributed by atoms with Crippen LogP contribution in [0, 0.1) is 0 Å². The molecular formula is C23H27ClN4O3S. The van der Waals surface area contributed by atoms with Crippen LogP contribution in [0.5, 0.6) is 11.5 Å². The number of anilines is 1. The molecular weight excluding hydrogens is 448 g/mol. The lowest BCUT2D eigenvalue weighted by molar-refractivity contribution is -0.123. The van der Waals surface area contributed by atoms with Crippen molar-refractivity contribution in [2.75, 3.05) is 57.4 Å². The zero-order valence-corrected chi connectivity index (χ0v) is 19.6. The van der Waals surface area contributed by atoms with E-state index in [-0.39, 0.29) is 12.5 Å². The number of nitrogens with one attached hydrogen (secondary N) is 1. The number of amides is 1. The maximum Gasteiger partial charge on any atom is 0.257 e. The largest absolute Gasteiger partial charge is 0.492 e. The molecule has 2 heterocycles. The summed E-state index contributed by atoms with van der Waals surface area (Å²) >= 11 is 7.56. The molecule has 9 heteroatoms. The van der Waals surface area contributed by atoms with Crippen LogP contribution < -0.4 is 19.7 Å². The summed E-state index contributed by atoms with van der Waals surface area (Å²) in [5.74, 6) is 1.35. The second-order valence-corrected chi connectivity index (χ2v) is 8.90. The third kappa shape index (κ3) is 5.82. The summed E-state index contributed by atoms with van der Waals surface area (Å²) in [6, 6.07) is 13.1. The first-order chi connectivity index (χ1) is 15.6. The van der Waals surface area contributed by atoms with Crippen molar-refractivity contribution in [2.45, 2.75) is 6.92 Å². The minimum Gasteiger partial charge on any atom is -0.492 e. The van der Waals surface area contributed by atoms with Crippen molar-refractivity contribution in [1.29, 1.82) is 0 Å². The van der Waals surface area contributed by atoms with Gasteiger partial charge in [-0.3, -0.25) is 9.69 Å². The molecule has 3 aromatic rings. The van der Waals surface area contributed by atoms with E-state index in [0.29, 0.717) is 23.9 Å². The lowest BCUT2D eigenvalue weighted by Gasteiger charge is -2.34. The first-order valence-corrected chi connectivity index (χ1v) is 12.0. The molecule has 0 unspecified atom stereocenters. The van der Waals surface area contributed by atoms with Crippen LogP contribution in [-0.4, -0.2) is 68.3 Å². The number of hydrogen-bond donors (Lipinski definition) is 1. The van der Waals surface area contributed by atoms with Crippen LogP contribution in [0.15, 0.2) is 42.5 Å². The summed E-state index contributed by atoms with van der Waals surface area (Å²) in [7, 11) is 0. The predicted octanol–water partition coefficient (Wildman–Crippen LogP) is 3.67. The Balaban J connectivity index is 1.19. The van der Waals surface area contributed by atoms with Gasteiger partial charge < -0.3 is 19.7 Å². The number of ether oxygens (including phenoxy) is 2. The molecule has 0 bridgehead atoms. The highest BCUT2D eigenvalue weighted by Crippen LogP contribution is 2.34. The first-order valence-electron chi connectivity index (χ1n) is 10.8. The van der Waals surface area contributed by atoms with Gasteiger partial charge in [0, 0.05) is 44.3 Å². The van der Waals surface area contributed by atoms with Gasteiger partial charge in [0.05, 0.1) is 11.3 Å². The number of thiazole rings is 1. The summed E-state index contributed by atoms with van der Waals surface area (Å²) in [6.07, 6.45) is 0. The quantitative estimate of drug-likeness (QED) is 0.510. The van der Waals surface area contributed by atoms with E-state index in [1.165, 1.54) is 0 Å². The van der Waals surface area contributed by atoms with Crippen LogP contribution in [0.3, 0.4) is 0 Å². The molecule has 170 valence electrons. The molecule has 1 aliphatic heterocycles. The number of hydrogen-bond acceptors (Lipinski definition) is 7. The van der Waals surface area contributed by atoms with E-state index in [4.69, 9.17) is 26.1 Å². The maximum atomic E-state index is 12.0. The number of para-hydroxylation sites is 1. The van der Waals surface area contributed by atoms with Crippen molar-refractivity contribution in [3.63, 3.8) is 0 Å². The molecule has 1 aromatic heterocycles. The molecule has 1 fully saturated rings. The van der Waals surface area contributed by atoms with Crippen LogP contribution in [0.2, 0.25) is 5.02 Å². The molecule has 1 amide bonds. The smallest absolute Gasteiger partial charge is 0.257 e. The van der Waals surface area contributed by atoms with E-state index in [9.17, 15) is 4.79 Å². The molecule has 2 aromatic carbocycles. The number of nitrogens with zero attached hydrogens (tertiary/aromatic N) is 3. The van der Waals surface area contributed by atoms with E-state index < -0.39 is 0 Å². The minimum atomic E-state index is -0.127. The summed E-state index contributed by atoms with van der Waals surface area (Å²) in [5.41, 5.74) is 0.945. The monoisotopic (exact) mass is 474 g/mol. The van der Waals surface area contributed by atoms with Crippen LogP contribution in [0.1, 0.15) is 6.92 Å². The topological polar surface area (TPSA) is 66.9 Å². The Kier molecular flexibility index (Phi) is 7.68. The fraction of sp³-hybridized carbons (Fsp3) is 0.391. The number of carbonyl (C=O) groups is 1. The van der Waals surface area contributed by atoms with Gasteiger partial charge in [-0.05, 0) is 43.3 Å². The summed E-state index contributed by atoms with van der Waals surface area (Å²) < 4.78 is 12.3. The zero-order valence-electron chi connectivity index (χ0n) is 18.1. The van der Waals surface area contributed by atoms with Crippen molar-refractivity contribution in [3.8, 4) is 11.5 Å². The maximum absolute atomic E-state index is 12.0. The fourth-order valence-corrected chi connectivity index (χ4v) is 4.73. The van der Waals surface area contributed by atoms with Gasteiger partial charge in [0.15, 0.2) is 11.7 Å². The highest BCUT2D eigenvalue weighted by molar-refractivity contribution is 7.22. The number of halogens is 1. The molecule has 1 saturated heterocycles. The Morgan fingerprint density at radius 1 is 1.12 bits per heavy atom. The summed E-state index contributed by atoms with van der Waals surface area (Å²) in [5, 5.41) is 4.60. The van der Waals surface area contributed by atoms with Gasteiger partial charge in [-0.25, -0.2) is 4.98 Å². The SMILES string of the molecule is CCOc1cccc2sc(N3CCN(CCNC(=O)COc4ccc(Cl)cc4)CC3)nc12. The van der Waals surface area contributed by atoms with Crippen molar-refractivity contribution in [2.24, 2.45) is 0 Å². The van der Waals surface area contributed by atoms with Crippen molar-refractivity contribution in [1.82, 2.24) is 15.2 Å². The predicted molar refractivity (Wildman–Crippen MR) is 129 cm³/mol. The molecule has 0 radical (unpaired) electrons. The molecule has 1 N–H and O–H groups in total. The van der Waals surface area contributed by atoms with Crippen molar-refractivity contribution < 1.29 is 14.3 Å². The van der Waals surface area contributed by atoms with Gasteiger partial charge in [0.25, 0.3) is 5.91 Å². The standard InChI is InChI=1S/C23H27ClN4O3S/c1-2-30-19-4-3-5-20-22(19)26-23(32-20)28-14-12-27(13-15-28)11-10-25-21(29)16-31-18-8-6-17(24)7-9-18/h3-9H,2,10-16H2,1H3,(H,25,29). The van der Waals surface area contributed by atoms with Crippen LogP contribution in [0.25, 0.3) is 10.2 Å². The van der Waals surface area contributed by atoms with E-state index in [0.717, 1.165) is 53.8 Å². The molecule has 32 heavy (non-hydrogen) atoms. The second-order valence-electron chi connectivity index (χ2n) is 7.45. The Morgan fingerprint density at radius 2 is 1.91 bits per heavy atom. The molecule has 4 rings (SSSR count). The number of fused-ring (bicyclic) bond motifs is 1. The van der Waals surface area contributed by atoms with E-state index in [2.05, 4.69) is 21.2 Å². The van der Waals surface area contributed by atoms with Crippen molar-refractivity contribution in [3.05, 3.63) is 47.5 Å². The van der Waals surface area contributed by atoms with Crippen LogP contribution in [0.4, 0.5) is 5.13 Å². The summed E-state index contributed by atoms with van der Waals surface area (Å²) in [4.78, 5) is 21.5. The average molecular weight is 475 g/mol. The Bertz CT molecular complexity index is 1040. The molecule has 0 spiro atoms. The van der Waals surface area contributed by atoms with Gasteiger partial charge in [0.2, 0.25) is 0 Å². The number of aromatic nitrogens is 1. The van der Waals surface area contributed by atoms with Gasteiger partial charge in [-0.1, -0.05) is 29.0 Å². The fourth-order valence-electron chi connectivity index (χ4n) is 3.57. The van der Waals surface area contributed by atoms with Gasteiger partial charge in [0.1, 0.15) is 17.0 Å². The van der Waals surface area contributed by atoms with E-state index in [1.54, 1.807) is 35.6 Å². The third-order valence-electron chi connectivity index (χ3n) is 5.25. The van der Waals surface area contributed by atoms with Gasteiger partial charge in [-0.2, -0.15) is 0 Å². The first kappa shape index (κ1) is 22.6. The van der Waals surface area contributed by atoms with Crippen LogP contribution in [-0.2, 0) is 4.79 Å².